The van der Waals surface area contributed by atoms with Crippen LogP contribution in [0.2, 0.25) is 0 Å². The van der Waals surface area contributed by atoms with Crippen molar-refractivity contribution in [3.8, 4) is 6.07 Å². The number of benzene rings is 2. The first-order valence-corrected chi connectivity index (χ1v) is 7.03. The highest BCUT2D eigenvalue weighted by atomic mass is 79.9. The van der Waals surface area contributed by atoms with Gasteiger partial charge >= 0.3 is 5.97 Å². The van der Waals surface area contributed by atoms with Crippen LogP contribution in [0.3, 0.4) is 0 Å². The van der Waals surface area contributed by atoms with Crippen molar-refractivity contribution in [1.82, 2.24) is 0 Å². The molecule has 0 aliphatic carbocycles. The number of methoxy groups -OCH3 is 1. The van der Waals surface area contributed by atoms with Gasteiger partial charge in [0.05, 0.1) is 18.7 Å². The predicted octanol–water partition coefficient (Wildman–Crippen LogP) is 3.91. The Balaban J connectivity index is 2.16. The van der Waals surface area contributed by atoms with Crippen LogP contribution in [0.25, 0.3) is 0 Å². The van der Waals surface area contributed by atoms with Crippen LogP contribution in [0, 0.1) is 11.3 Å². The molecule has 1 unspecified atom stereocenters. The quantitative estimate of drug-likeness (QED) is 0.854. The zero-order valence-corrected chi connectivity index (χ0v) is 12.9. The normalized spacial score (nSPS) is 11.3. The Bertz CT molecular complexity index is 660. The van der Waals surface area contributed by atoms with Crippen molar-refractivity contribution in [2.24, 2.45) is 0 Å². The van der Waals surface area contributed by atoms with Crippen molar-refractivity contribution < 1.29 is 9.53 Å². The third-order valence-corrected chi connectivity index (χ3v) is 3.48. The summed E-state index contributed by atoms with van der Waals surface area (Å²) in [5, 5.41) is 12.4. The third kappa shape index (κ3) is 3.83. The highest BCUT2D eigenvalue weighted by Gasteiger charge is 2.12. The standard InChI is InChI=1S/C16H13BrN2O2/c1-21-16(20)12-4-2-11(3-5-12)15(10-18)19-14-8-6-13(17)7-9-14/h2-9,15,19H,1H3. The Hall–Kier alpha value is -2.32. The summed E-state index contributed by atoms with van der Waals surface area (Å²) in [7, 11) is 1.34. The molecule has 1 N–H and O–H groups in total. The lowest BCUT2D eigenvalue weighted by Crippen LogP contribution is -2.09. The maximum absolute atomic E-state index is 11.4. The number of nitrogens with zero attached hydrogens (tertiary/aromatic N) is 1. The number of esters is 1. The number of hydrogen-bond donors (Lipinski definition) is 1. The molecule has 2 rings (SSSR count). The number of carbonyl (C=O) groups excluding carboxylic acids is 1. The average Bonchev–Trinajstić information content (AvgIpc) is 2.54. The van der Waals surface area contributed by atoms with E-state index in [0.717, 1.165) is 15.7 Å². The zero-order valence-electron chi connectivity index (χ0n) is 11.3. The largest absolute Gasteiger partial charge is 0.465 e. The maximum Gasteiger partial charge on any atom is 0.337 e. The van der Waals surface area contributed by atoms with Crippen molar-refractivity contribution in [3.05, 3.63) is 64.1 Å². The number of hydrogen-bond acceptors (Lipinski definition) is 4. The SMILES string of the molecule is COC(=O)c1ccc(C(C#N)Nc2ccc(Br)cc2)cc1. The number of anilines is 1. The van der Waals surface area contributed by atoms with E-state index in [1.54, 1.807) is 24.3 Å². The van der Waals surface area contributed by atoms with E-state index < -0.39 is 12.0 Å². The lowest BCUT2D eigenvalue weighted by molar-refractivity contribution is 0.0600. The van der Waals surface area contributed by atoms with Crippen molar-refractivity contribution in [1.29, 1.82) is 5.26 Å². The molecule has 0 amide bonds. The molecule has 0 saturated carbocycles. The Kier molecular flexibility index (Phi) is 4.96. The maximum atomic E-state index is 11.4. The van der Waals surface area contributed by atoms with Crippen molar-refractivity contribution >= 4 is 27.6 Å². The molecule has 0 aliphatic rings. The van der Waals surface area contributed by atoms with Crippen LogP contribution < -0.4 is 5.32 Å². The van der Waals surface area contributed by atoms with E-state index in [-0.39, 0.29) is 0 Å². The van der Waals surface area contributed by atoms with Gasteiger partial charge in [-0.3, -0.25) is 0 Å². The summed E-state index contributed by atoms with van der Waals surface area (Å²) in [6, 6.07) is 16.1. The molecule has 0 aliphatic heterocycles. The third-order valence-electron chi connectivity index (χ3n) is 2.95. The summed E-state index contributed by atoms with van der Waals surface area (Å²) in [5.41, 5.74) is 2.09. The van der Waals surface area contributed by atoms with Gasteiger partial charge in [-0.25, -0.2) is 4.79 Å². The molecule has 0 fully saturated rings. The number of carbonyl (C=O) groups is 1. The second-order valence-electron chi connectivity index (χ2n) is 4.33. The molecule has 21 heavy (non-hydrogen) atoms. The van der Waals surface area contributed by atoms with E-state index in [1.165, 1.54) is 7.11 Å². The smallest absolute Gasteiger partial charge is 0.337 e. The summed E-state index contributed by atoms with van der Waals surface area (Å²) in [6.45, 7) is 0. The second-order valence-corrected chi connectivity index (χ2v) is 5.24. The lowest BCUT2D eigenvalue weighted by atomic mass is 10.1. The minimum absolute atomic E-state index is 0.393. The van der Waals surface area contributed by atoms with Crippen molar-refractivity contribution in [2.45, 2.75) is 6.04 Å². The molecule has 1 atom stereocenters. The minimum atomic E-state index is -0.488. The van der Waals surface area contributed by atoms with E-state index in [9.17, 15) is 10.1 Å². The lowest BCUT2D eigenvalue weighted by Gasteiger charge is -2.13. The molecule has 0 heterocycles. The number of ether oxygens (including phenoxy) is 1. The van der Waals surface area contributed by atoms with Gasteiger partial charge in [-0.05, 0) is 42.0 Å². The van der Waals surface area contributed by atoms with Gasteiger partial charge in [0.1, 0.15) is 6.04 Å². The number of halogens is 1. The fourth-order valence-electron chi connectivity index (χ4n) is 1.83. The van der Waals surface area contributed by atoms with Crippen LogP contribution in [0.1, 0.15) is 22.0 Å². The minimum Gasteiger partial charge on any atom is -0.465 e. The number of rotatable bonds is 4. The molecule has 2 aromatic rings. The highest BCUT2D eigenvalue weighted by Crippen LogP contribution is 2.21. The van der Waals surface area contributed by atoms with E-state index >= 15 is 0 Å². The fraction of sp³-hybridized carbons (Fsp3) is 0.125. The van der Waals surface area contributed by atoms with Gasteiger partial charge in [-0.15, -0.1) is 0 Å². The molecule has 5 heteroatoms. The molecule has 0 aromatic heterocycles. The topological polar surface area (TPSA) is 62.1 Å². The van der Waals surface area contributed by atoms with E-state index in [0.29, 0.717) is 5.56 Å². The van der Waals surface area contributed by atoms with Crippen LogP contribution in [0.5, 0.6) is 0 Å². The van der Waals surface area contributed by atoms with Crippen molar-refractivity contribution in [2.75, 3.05) is 12.4 Å². The van der Waals surface area contributed by atoms with Gasteiger partial charge in [0, 0.05) is 10.2 Å². The molecule has 0 radical (unpaired) electrons. The first-order chi connectivity index (χ1) is 10.1. The highest BCUT2D eigenvalue weighted by molar-refractivity contribution is 9.10. The molecular formula is C16H13BrN2O2. The molecule has 2 aromatic carbocycles. The van der Waals surface area contributed by atoms with E-state index in [2.05, 4.69) is 32.1 Å². The summed E-state index contributed by atoms with van der Waals surface area (Å²) >= 11 is 3.37. The van der Waals surface area contributed by atoms with Crippen LogP contribution in [-0.4, -0.2) is 13.1 Å². The average molecular weight is 345 g/mol. The molecular weight excluding hydrogens is 332 g/mol. The number of nitrogens with one attached hydrogen (secondary N) is 1. The monoisotopic (exact) mass is 344 g/mol. The molecule has 0 bridgehead atoms. The van der Waals surface area contributed by atoms with Crippen LogP contribution in [0.15, 0.2) is 53.0 Å². The van der Waals surface area contributed by atoms with Gasteiger partial charge in [0.15, 0.2) is 0 Å². The van der Waals surface area contributed by atoms with Gasteiger partial charge in [-0.1, -0.05) is 28.1 Å². The Labute approximate surface area is 131 Å². The Morgan fingerprint density at radius 1 is 1.19 bits per heavy atom. The summed E-state index contributed by atoms with van der Waals surface area (Å²) < 4.78 is 5.62. The van der Waals surface area contributed by atoms with Gasteiger partial charge < -0.3 is 10.1 Å². The zero-order chi connectivity index (χ0) is 15.2. The first-order valence-electron chi connectivity index (χ1n) is 6.24. The van der Waals surface area contributed by atoms with Crippen LogP contribution >= 0.6 is 15.9 Å². The van der Waals surface area contributed by atoms with E-state index in [4.69, 9.17) is 0 Å². The Morgan fingerprint density at radius 3 is 2.33 bits per heavy atom. The van der Waals surface area contributed by atoms with Gasteiger partial charge in [0.25, 0.3) is 0 Å². The van der Waals surface area contributed by atoms with Gasteiger partial charge in [-0.2, -0.15) is 5.26 Å². The van der Waals surface area contributed by atoms with Crippen LogP contribution in [-0.2, 0) is 4.74 Å². The fourth-order valence-corrected chi connectivity index (χ4v) is 2.10. The van der Waals surface area contributed by atoms with E-state index in [1.807, 2.05) is 24.3 Å². The number of nitriles is 1. The molecule has 0 saturated heterocycles. The van der Waals surface area contributed by atoms with Crippen LogP contribution in [0.4, 0.5) is 5.69 Å². The first kappa shape index (κ1) is 15.1. The second kappa shape index (κ2) is 6.91. The summed E-state index contributed by atoms with van der Waals surface area (Å²) in [6.07, 6.45) is 0. The molecule has 106 valence electrons. The summed E-state index contributed by atoms with van der Waals surface area (Å²) in [5.74, 6) is -0.393. The Morgan fingerprint density at radius 2 is 1.81 bits per heavy atom. The molecule has 4 nitrogen and oxygen atoms in total. The van der Waals surface area contributed by atoms with Gasteiger partial charge in [0.2, 0.25) is 0 Å². The van der Waals surface area contributed by atoms with Crippen molar-refractivity contribution in [3.63, 3.8) is 0 Å². The summed E-state index contributed by atoms with van der Waals surface area (Å²) in [4.78, 5) is 11.4. The predicted molar refractivity (Wildman–Crippen MR) is 83.9 cm³/mol. The molecule has 0 spiro atoms.